The fourth-order valence-corrected chi connectivity index (χ4v) is 8.04. The summed E-state index contributed by atoms with van der Waals surface area (Å²) in [4.78, 5) is 5.31. The third-order valence-electron chi connectivity index (χ3n) is 9.58. The minimum Gasteiger partial charge on any atom is -0.339 e. The SMILES string of the molecule is CC1(C)C2=C(C=CCC2)N2C3=C(C=CCC31)B1C3=C(C=CCC32)N(c2ccccc2)c2ccccc21. The molecule has 2 aromatic carbocycles. The Bertz CT molecular complexity index is 1480. The lowest BCUT2D eigenvalue weighted by molar-refractivity contribution is 0.181. The third kappa shape index (κ3) is 2.54. The Kier molecular flexibility index (Phi) is 4.19. The summed E-state index contributed by atoms with van der Waals surface area (Å²) in [5.41, 5.74) is 13.4. The first-order valence-corrected chi connectivity index (χ1v) is 13.6. The van der Waals surface area contributed by atoms with Gasteiger partial charge in [-0.1, -0.05) is 74.5 Å². The lowest BCUT2D eigenvalue weighted by atomic mass is 9.30. The Morgan fingerprint density at radius 2 is 1.61 bits per heavy atom. The monoisotopic (exact) mass is 466 g/mol. The van der Waals surface area contributed by atoms with Crippen molar-refractivity contribution in [2.45, 2.75) is 45.6 Å². The van der Waals surface area contributed by atoms with Crippen LogP contribution < -0.4 is 10.4 Å². The number of hydrogen-bond acceptors (Lipinski definition) is 2. The van der Waals surface area contributed by atoms with Crippen LogP contribution >= 0.6 is 0 Å². The van der Waals surface area contributed by atoms with Crippen LogP contribution in [0.2, 0.25) is 0 Å². The first-order chi connectivity index (χ1) is 17.7. The topological polar surface area (TPSA) is 6.48 Å². The minimum absolute atomic E-state index is 0.181. The summed E-state index contributed by atoms with van der Waals surface area (Å²) in [6.45, 7) is 5.34. The second kappa shape index (κ2) is 7.29. The zero-order chi connectivity index (χ0) is 24.0. The number of fused-ring (bicyclic) bond motifs is 5. The summed E-state index contributed by atoms with van der Waals surface area (Å²) in [7, 11) is 0. The van der Waals surface area contributed by atoms with Crippen molar-refractivity contribution in [3.8, 4) is 0 Å². The van der Waals surface area contributed by atoms with Gasteiger partial charge in [0, 0.05) is 34.4 Å². The largest absolute Gasteiger partial charge is 0.339 e. The van der Waals surface area contributed by atoms with Gasteiger partial charge in [-0.15, -0.1) is 0 Å². The molecule has 0 bridgehead atoms. The molecule has 0 aromatic heterocycles. The fourth-order valence-electron chi connectivity index (χ4n) is 8.04. The maximum absolute atomic E-state index is 2.80. The number of anilines is 2. The van der Waals surface area contributed by atoms with Crippen LogP contribution in [0.15, 0.2) is 125 Å². The molecule has 2 atom stereocenters. The number of nitrogens with zero attached hydrogens (tertiary/aromatic N) is 2. The fraction of sp³-hybridized carbons (Fsp3) is 0.273. The molecule has 0 saturated heterocycles. The van der Waals surface area contributed by atoms with Crippen LogP contribution in [0.5, 0.6) is 0 Å². The molecule has 0 fully saturated rings. The molecule has 0 N–H and O–H groups in total. The molecule has 176 valence electrons. The number of benzene rings is 2. The average molecular weight is 466 g/mol. The molecule has 8 rings (SSSR count). The summed E-state index contributed by atoms with van der Waals surface area (Å²) >= 11 is 0. The van der Waals surface area contributed by atoms with Crippen LogP contribution in [-0.2, 0) is 0 Å². The van der Waals surface area contributed by atoms with Crippen molar-refractivity contribution in [2.24, 2.45) is 11.3 Å². The first kappa shape index (κ1) is 20.7. The molecule has 3 aliphatic carbocycles. The van der Waals surface area contributed by atoms with Gasteiger partial charge >= 0.3 is 0 Å². The van der Waals surface area contributed by atoms with E-state index in [-0.39, 0.29) is 5.41 Å². The molecule has 0 spiro atoms. The molecule has 6 aliphatic rings. The van der Waals surface area contributed by atoms with E-state index in [4.69, 9.17) is 0 Å². The summed E-state index contributed by atoms with van der Waals surface area (Å²) in [6, 6.07) is 20.4. The molecule has 2 unspecified atom stereocenters. The van der Waals surface area contributed by atoms with Crippen LogP contribution in [0.4, 0.5) is 11.4 Å². The van der Waals surface area contributed by atoms with Gasteiger partial charge in [0.2, 0.25) is 6.71 Å². The van der Waals surface area contributed by atoms with E-state index in [1.165, 1.54) is 46.5 Å². The molecule has 3 aliphatic heterocycles. The molecule has 2 aromatic rings. The average Bonchev–Trinajstić information content (AvgIpc) is 2.92. The normalized spacial score (nSPS) is 26.7. The van der Waals surface area contributed by atoms with Gasteiger partial charge in [-0.05, 0) is 83.4 Å². The van der Waals surface area contributed by atoms with Crippen molar-refractivity contribution in [3.63, 3.8) is 0 Å². The molecule has 0 saturated carbocycles. The Labute approximate surface area is 214 Å². The second-order valence-corrected chi connectivity index (χ2v) is 11.6. The predicted octanol–water partition coefficient (Wildman–Crippen LogP) is 6.99. The lowest BCUT2D eigenvalue weighted by Gasteiger charge is -2.58. The van der Waals surface area contributed by atoms with E-state index < -0.39 is 0 Å². The highest BCUT2D eigenvalue weighted by Crippen LogP contribution is 2.58. The van der Waals surface area contributed by atoms with Crippen LogP contribution in [0.25, 0.3) is 0 Å². The van der Waals surface area contributed by atoms with Gasteiger partial charge in [0.25, 0.3) is 0 Å². The van der Waals surface area contributed by atoms with E-state index in [1.54, 1.807) is 16.7 Å². The van der Waals surface area contributed by atoms with E-state index in [0.29, 0.717) is 18.7 Å². The van der Waals surface area contributed by atoms with Crippen molar-refractivity contribution in [2.75, 3.05) is 4.90 Å². The van der Waals surface area contributed by atoms with Gasteiger partial charge in [0.1, 0.15) is 0 Å². The van der Waals surface area contributed by atoms with Crippen molar-refractivity contribution in [1.82, 2.24) is 4.90 Å². The zero-order valence-corrected chi connectivity index (χ0v) is 21.1. The minimum atomic E-state index is 0.181. The number of allylic oxidation sites excluding steroid dienone is 8. The molecule has 2 nitrogen and oxygen atoms in total. The first-order valence-electron chi connectivity index (χ1n) is 13.6. The van der Waals surface area contributed by atoms with Crippen molar-refractivity contribution in [3.05, 3.63) is 125 Å². The molecule has 0 radical (unpaired) electrons. The zero-order valence-electron chi connectivity index (χ0n) is 21.1. The maximum atomic E-state index is 2.80. The molecular formula is C33H31BN2. The molecular weight excluding hydrogens is 435 g/mol. The van der Waals surface area contributed by atoms with Crippen molar-refractivity contribution in [1.29, 1.82) is 0 Å². The number of rotatable bonds is 1. The molecule has 3 heteroatoms. The smallest absolute Gasteiger partial charge is 0.246 e. The molecule has 0 amide bonds. The summed E-state index contributed by atoms with van der Waals surface area (Å²) < 4.78 is 0. The summed E-state index contributed by atoms with van der Waals surface area (Å²) in [5, 5.41) is 0. The number of hydrogen-bond donors (Lipinski definition) is 0. The van der Waals surface area contributed by atoms with Crippen LogP contribution in [-0.4, -0.2) is 17.7 Å². The highest BCUT2D eigenvalue weighted by Gasteiger charge is 2.54. The van der Waals surface area contributed by atoms with E-state index in [1.807, 2.05) is 0 Å². The van der Waals surface area contributed by atoms with Gasteiger partial charge in [-0.2, -0.15) is 0 Å². The second-order valence-electron chi connectivity index (χ2n) is 11.6. The summed E-state index contributed by atoms with van der Waals surface area (Å²) in [6.07, 6.45) is 19.2. The van der Waals surface area contributed by atoms with E-state index in [0.717, 1.165) is 12.8 Å². The quantitative estimate of drug-likeness (QED) is 0.418. The van der Waals surface area contributed by atoms with Crippen molar-refractivity contribution >= 4 is 23.6 Å². The predicted molar refractivity (Wildman–Crippen MR) is 150 cm³/mol. The van der Waals surface area contributed by atoms with Gasteiger partial charge in [-0.25, -0.2) is 0 Å². The van der Waals surface area contributed by atoms with Crippen LogP contribution in [0.1, 0.15) is 39.5 Å². The van der Waals surface area contributed by atoms with Crippen LogP contribution in [0.3, 0.4) is 0 Å². The standard InChI is InChI=1S/C33H31BN2/c1-33(2)23-14-6-8-18-27(23)36-30-21-11-20-29-31(30)34(26-17-10-15-24(33)32(26)36)25-16-7-9-19-28(25)35(29)22-12-4-3-5-13-22/h3-5,7-13,16-20,24,30H,6,14-15,21H2,1-2H3. The lowest BCUT2D eigenvalue weighted by Crippen LogP contribution is -2.59. The highest BCUT2D eigenvalue weighted by atomic mass is 15.2. The summed E-state index contributed by atoms with van der Waals surface area (Å²) in [5.74, 6) is 0.540. The highest BCUT2D eigenvalue weighted by molar-refractivity contribution is 6.89. The Morgan fingerprint density at radius 3 is 2.50 bits per heavy atom. The van der Waals surface area contributed by atoms with Gasteiger partial charge < -0.3 is 9.80 Å². The number of para-hydroxylation sites is 2. The molecule has 3 heterocycles. The van der Waals surface area contributed by atoms with Crippen LogP contribution in [0, 0.1) is 11.3 Å². The Morgan fingerprint density at radius 1 is 0.833 bits per heavy atom. The Balaban J connectivity index is 1.46. The maximum Gasteiger partial charge on any atom is 0.246 e. The van der Waals surface area contributed by atoms with Gasteiger partial charge in [-0.3, -0.25) is 0 Å². The van der Waals surface area contributed by atoms with E-state index in [9.17, 15) is 0 Å². The van der Waals surface area contributed by atoms with E-state index in [2.05, 4.69) is 115 Å². The molecule has 36 heavy (non-hydrogen) atoms. The van der Waals surface area contributed by atoms with Crippen molar-refractivity contribution < 1.29 is 0 Å². The van der Waals surface area contributed by atoms with E-state index >= 15 is 0 Å². The van der Waals surface area contributed by atoms with Gasteiger partial charge in [0.05, 0.1) is 6.04 Å². The van der Waals surface area contributed by atoms with Gasteiger partial charge in [0.15, 0.2) is 0 Å². The Hall–Kier alpha value is -3.46. The third-order valence-corrected chi connectivity index (χ3v) is 9.58.